The number of nitro groups is 1. The predicted molar refractivity (Wildman–Crippen MR) is 138 cm³/mol. The van der Waals surface area contributed by atoms with Crippen LogP contribution in [0.4, 0.5) is 5.69 Å². The van der Waals surface area contributed by atoms with Crippen LogP contribution in [0.3, 0.4) is 0 Å². The van der Waals surface area contributed by atoms with Crippen molar-refractivity contribution in [3.63, 3.8) is 0 Å². The Balaban J connectivity index is 1.43. The summed E-state index contributed by atoms with van der Waals surface area (Å²) in [5, 5.41) is 24.2. The van der Waals surface area contributed by atoms with Gasteiger partial charge in [0.2, 0.25) is 0 Å². The third-order valence-corrected chi connectivity index (χ3v) is 5.83. The molecule has 4 aromatic rings. The van der Waals surface area contributed by atoms with Gasteiger partial charge in [0.15, 0.2) is 17.2 Å². The summed E-state index contributed by atoms with van der Waals surface area (Å²) >= 11 is 0. The highest BCUT2D eigenvalue weighted by Gasteiger charge is 2.33. The van der Waals surface area contributed by atoms with Crippen molar-refractivity contribution in [2.24, 2.45) is 5.16 Å². The normalized spacial score (nSPS) is 16.2. The molecule has 2 heterocycles. The number of hydrogen-bond acceptors (Lipinski definition) is 7. The van der Waals surface area contributed by atoms with Gasteiger partial charge in [0.05, 0.1) is 11.2 Å². The maximum atomic E-state index is 11.1. The molecule has 1 N–H and O–H groups in total. The fraction of sp³-hybridized carbons (Fsp3) is 0.0690. The van der Waals surface area contributed by atoms with E-state index in [4.69, 9.17) is 13.9 Å². The van der Waals surface area contributed by atoms with Crippen molar-refractivity contribution < 1.29 is 24.0 Å². The van der Waals surface area contributed by atoms with E-state index in [9.17, 15) is 15.3 Å². The van der Waals surface area contributed by atoms with E-state index < -0.39 is 4.92 Å². The highest BCUT2D eigenvalue weighted by molar-refractivity contribution is 6.20. The van der Waals surface area contributed by atoms with Crippen molar-refractivity contribution >= 4 is 23.0 Å². The van der Waals surface area contributed by atoms with Gasteiger partial charge in [-0.05, 0) is 41.0 Å². The van der Waals surface area contributed by atoms with Gasteiger partial charge >= 0.3 is 0 Å². The van der Waals surface area contributed by atoms with E-state index in [1.54, 1.807) is 36.6 Å². The van der Waals surface area contributed by atoms with Gasteiger partial charge in [-0.3, -0.25) is 10.1 Å². The number of nitro benzene ring substituents is 1. The Labute approximate surface area is 212 Å². The summed E-state index contributed by atoms with van der Waals surface area (Å²) in [7, 11) is 0. The van der Waals surface area contributed by atoms with Crippen LogP contribution in [0.25, 0.3) is 11.6 Å². The Morgan fingerprint density at radius 1 is 0.946 bits per heavy atom. The molecule has 8 nitrogen and oxygen atoms in total. The molecular weight excluding hydrogens is 472 g/mol. The quantitative estimate of drug-likeness (QED) is 0.168. The first kappa shape index (κ1) is 23.6. The van der Waals surface area contributed by atoms with Crippen molar-refractivity contribution in [1.82, 2.24) is 0 Å². The van der Waals surface area contributed by atoms with Crippen LogP contribution in [0.2, 0.25) is 0 Å². The standard InChI is InChI=1S/C29H22N2O6/c32-30-28-27(18-25-7-4-16-35-25)37-29(28)26(17-20-8-12-23(13-9-20)31(33)34)22-10-14-24(15-11-22)36-19-21-5-2-1-3-6-21/h1-16,18,32H,17,19H2/b27-18-,29-26-,30-28+. The smallest absolute Gasteiger partial charge is 0.269 e. The van der Waals surface area contributed by atoms with Gasteiger partial charge in [0, 0.05) is 30.2 Å². The summed E-state index contributed by atoms with van der Waals surface area (Å²) < 4.78 is 17.2. The van der Waals surface area contributed by atoms with Crippen LogP contribution in [0, 0.1) is 10.1 Å². The molecule has 1 aliphatic heterocycles. The Morgan fingerprint density at radius 2 is 1.70 bits per heavy atom. The number of nitrogens with zero attached hydrogens (tertiary/aromatic N) is 2. The number of non-ortho nitro benzene ring substituents is 1. The van der Waals surface area contributed by atoms with Gasteiger partial charge in [-0.15, -0.1) is 0 Å². The zero-order chi connectivity index (χ0) is 25.6. The summed E-state index contributed by atoms with van der Waals surface area (Å²) in [4.78, 5) is 10.6. The summed E-state index contributed by atoms with van der Waals surface area (Å²) in [6, 6.07) is 27.3. The molecule has 0 saturated carbocycles. The van der Waals surface area contributed by atoms with Crippen molar-refractivity contribution in [2.75, 3.05) is 0 Å². The van der Waals surface area contributed by atoms with Crippen molar-refractivity contribution in [3.8, 4) is 5.75 Å². The highest BCUT2D eigenvalue weighted by atomic mass is 16.6. The average molecular weight is 495 g/mol. The molecule has 1 saturated heterocycles. The monoisotopic (exact) mass is 494 g/mol. The number of oxime groups is 1. The van der Waals surface area contributed by atoms with E-state index in [2.05, 4.69) is 5.16 Å². The SMILES string of the molecule is O=[N+]([O-])c1ccc(C/C(=C2/OC(=C\c3ccco3)/C2=N\O)c2ccc(OCc3ccccc3)cc2)cc1. The van der Waals surface area contributed by atoms with Crippen molar-refractivity contribution in [3.05, 3.63) is 141 Å². The van der Waals surface area contributed by atoms with Gasteiger partial charge in [-0.25, -0.2) is 0 Å². The number of rotatable bonds is 8. The Hall–Kier alpha value is -5.11. The van der Waals surface area contributed by atoms with Crippen molar-refractivity contribution in [1.29, 1.82) is 0 Å². The molecule has 1 fully saturated rings. The highest BCUT2D eigenvalue weighted by Crippen LogP contribution is 2.36. The maximum Gasteiger partial charge on any atom is 0.269 e. The van der Waals surface area contributed by atoms with E-state index in [-0.39, 0.29) is 11.4 Å². The first-order chi connectivity index (χ1) is 18.1. The van der Waals surface area contributed by atoms with E-state index in [1.165, 1.54) is 12.1 Å². The van der Waals surface area contributed by atoms with E-state index in [1.807, 2.05) is 54.6 Å². The topological polar surface area (TPSA) is 107 Å². The molecule has 8 heteroatoms. The van der Waals surface area contributed by atoms with Gasteiger partial charge in [0.1, 0.15) is 18.1 Å². The number of hydrogen-bond donors (Lipinski definition) is 1. The van der Waals surface area contributed by atoms with Crippen LogP contribution >= 0.6 is 0 Å². The second-order valence-corrected chi connectivity index (χ2v) is 8.28. The number of benzene rings is 3. The molecule has 0 amide bonds. The summed E-state index contributed by atoms with van der Waals surface area (Å²) in [6.45, 7) is 0.447. The van der Waals surface area contributed by atoms with E-state index in [0.717, 1.165) is 22.3 Å². The third-order valence-electron chi connectivity index (χ3n) is 5.83. The molecule has 184 valence electrons. The largest absolute Gasteiger partial charge is 0.489 e. The lowest BCUT2D eigenvalue weighted by molar-refractivity contribution is -0.384. The molecule has 0 atom stereocenters. The third kappa shape index (κ3) is 5.43. The Morgan fingerprint density at radius 3 is 2.35 bits per heavy atom. The van der Waals surface area contributed by atoms with Crippen LogP contribution in [-0.2, 0) is 17.8 Å². The summed E-state index contributed by atoms with van der Waals surface area (Å²) in [6.07, 6.45) is 3.58. The first-order valence-corrected chi connectivity index (χ1v) is 11.5. The molecule has 0 aliphatic carbocycles. The van der Waals surface area contributed by atoms with Gasteiger partial charge in [-0.2, -0.15) is 0 Å². The van der Waals surface area contributed by atoms with Crippen LogP contribution in [0.1, 0.15) is 22.5 Å². The number of allylic oxidation sites excluding steroid dienone is 1. The maximum absolute atomic E-state index is 11.1. The lowest BCUT2D eigenvalue weighted by Crippen LogP contribution is -2.25. The summed E-state index contributed by atoms with van der Waals surface area (Å²) in [5.41, 5.74) is 3.79. The number of ether oxygens (including phenoxy) is 2. The molecule has 3 aromatic carbocycles. The zero-order valence-corrected chi connectivity index (χ0v) is 19.6. The summed E-state index contributed by atoms with van der Waals surface area (Å²) in [5.74, 6) is 2.05. The second kappa shape index (κ2) is 10.7. The second-order valence-electron chi connectivity index (χ2n) is 8.28. The molecular formula is C29H22N2O6. The molecule has 5 rings (SSSR count). The van der Waals surface area contributed by atoms with E-state index in [0.29, 0.717) is 36.1 Å². The molecule has 0 unspecified atom stereocenters. The molecule has 0 radical (unpaired) electrons. The average Bonchev–Trinajstić information content (AvgIpc) is 3.44. The fourth-order valence-corrected chi connectivity index (χ4v) is 3.92. The molecule has 0 bridgehead atoms. The molecule has 1 aliphatic rings. The Bertz CT molecular complexity index is 1470. The Kier molecular flexibility index (Phi) is 6.80. The minimum absolute atomic E-state index is 0.0130. The minimum atomic E-state index is -0.436. The molecule has 1 aromatic heterocycles. The van der Waals surface area contributed by atoms with Crippen LogP contribution < -0.4 is 4.74 Å². The van der Waals surface area contributed by atoms with Crippen LogP contribution in [0.5, 0.6) is 5.75 Å². The van der Waals surface area contributed by atoms with Crippen molar-refractivity contribution in [2.45, 2.75) is 13.0 Å². The first-order valence-electron chi connectivity index (χ1n) is 11.5. The lowest BCUT2D eigenvalue weighted by Gasteiger charge is -2.27. The lowest BCUT2D eigenvalue weighted by atomic mass is 9.93. The molecule has 37 heavy (non-hydrogen) atoms. The number of furan rings is 1. The zero-order valence-electron chi connectivity index (χ0n) is 19.6. The van der Waals surface area contributed by atoms with Crippen LogP contribution in [-0.4, -0.2) is 15.8 Å². The minimum Gasteiger partial charge on any atom is -0.489 e. The predicted octanol–water partition coefficient (Wildman–Crippen LogP) is 6.62. The van der Waals surface area contributed by atoms with Gasteiger partial charge < -0.3 is 19.1 Å². The van der Waals surface area contributed by atoms with Gasteiger partial charge in [0.25, 0.3) is 5.69 Å². The van der Waals surface area contributed by atoms with Gasteiger partial charge in [-0.1, -0.05) is 59.8 Å². The fourth-order valence-electron chi connectivity index (χ4n) is 3.92. The molecule has 0 spiro atoms. The van der Waals surface area contributed by atoms with Crippen LogP contribution in [0.15, 0.2) is 118 Å². The van der Waals surface area contributed by atoms with E-state index >= 15 is 0 Å².